The number of hydrogen-bond donors (Lipinski definition) is 1. The molecule has 2 unspecified atom stereocenters. The lowest BCUT2D eigenvalue weighted by molar-refractivity contribution is 0.0567. The molecule has 1 aromatic rings. The van der Waals surface area contributed by atoms with Crippen LogP contribution in [-0.4, -0.2) is 29.9 Å². The number of rotatable bonds is 2. The zero-order chi connectivity index (χ0) is 14.1. The summed E-state index contributed by atoms with van der Waals surface area (Å²) < 4.78 is 0. The van der Waals surface area contributed by atoms with Gasteiger partial charge in [-0.15, -0.1) is 0 Å². The van der Waals surface area contributed by atoms with Gasteiger partial charge in [0.15, 0.2) is 0 Å². The van der Waals surface area contributed by atoms with Gasteiger partial charge in [0.2, 0.25) is 0 Å². The van der Waals surface area contributed by atoms with Crippen LogP contribution in [0.4, 0.5) is 0 Å². The molecule has 2 atom stereocenters. The Morgan fingerprint density at radius 1 is 1.30 bits per heavy atom. The van der Waals surface area contributed by atoms with E-state index < -0.39 is 0 Å². The van der Waals surface area contributed by atoms with Crippen molar-refractivity contribution in [1.82, 2.24) is 4.90 Å². The summed E-state index contributed by atoms with van der Waals surface area (Å²) in [4.78, 5) is 14.8. The molecule has 1 aromatic carbocycles. The monoisotopic (exact) mass is 272 g/mol. The van der Waals surface area contributed by atoms with Crippen molar-refractivity contribution < 1.29 is 4.79 Å². The fraction of sp³-hybridized carbons (Fsp3) is 0.588. The fourth-order valence-electron chi connectivity index (χ4n) is 3.53. The largest absolute Gasteiger partial charge is 0.336 e. The quantitative estimate of drug-likeness (QED) is 0.898. The molecule has 0 bridgehead atoms. The second-order valence-electron chi connectivity index (χ2n) is 6.32. The van der Waals surface area contributed by atoms with Gasteiger partial charge in [0, 0.05) is 18.2 Å². The molecule has 0 radical (unpaired) electrons. The average Bonchev–Trinajstić information content (AvgIpc) is 2.94. The number of fused-ring (bicyclic) bond motifs is 1. The molecule has 1 fully saturated rings. The summed E-state index contributed by atoms with van der Waals surface area (Å²) in [6.45, 7) is 3.65. The molecule has 1 aliphatic carbocycles. The zero-order valence-electron chi connectivity index (χ0n) is 12.3. The molecule has 2 N–H and O–H groups in total. The van der Waals surface area contributed by atoms with Gasteiger partial charge in [-0.2, -0.15) is 0 Å². The number of likely N-dealkylation sites (tertiary alicyclic amines) is 1. The second-order valence-corrected chi connectivity index (χ2v) is 6.32. The van der Waals surface area contributed by atoms with Gasteiger partial charge in [0.1, 0.15) is 0 Å². The van der Waals surface area contributed by atoms with Crippen molar-refractivity contribution in [2.24, 2.45) is 11.7 Å². The van der Waals surface area contributed by atoms with Crippen molar-refractivity contribution in [3.05, 3.63) is 34.9 Å². The van der Waals surface area contributed by atoms with E-state index in [0.29, 0.717) is 18.5 Å². The van der Waals surface area contributed by atoms with Crippen molar-refractivity contribution in [3.8, 4) is 0 Å². The van der Waals surface area contributed by atoms with E-state index >= 15 is 0 Å². The standard InChI is InChI=1S/C17H24N2O/c1-12-5-6-13(10-18)11-19(12)17(20)16-8-7-14-3-2-4-15(14)9-16/h7-9,12-13H,2-6,10-11,18H2,1H3. The topological polar surface area (TPSA) is 46.3 Å². The molecule has 0 spiro atoms. The molecule has 1 saturated heterocycles. The van der Waals surface area contributed by atoms with Crippen molar-refractivity contribution in [1.29, 1.82) is 0 Å². The first kappa shape index (κ1) is 13.6. The molecule has 0 saturated carbocycles. The van der Waals surface area contributed by atoms with Gasteiger partial charge in [-0.3, -0.25) is 4.79 Å². The van der Waals surface area contributed by atoms with E-state index in [-0.39, 0.29) is 5.91 Å². The lowest BCUT2D eigenvalue weighted by Crippen LogP contribution is -2.47. The highest BCUT2D eigenvalue weighted by atomic mass is 16.2. The summed E-state index contributed by atoms with van der Waals surface area (Å²) in [5.41, 5.74) is 9.44. The fourth-order valence-corrected chi connectivity index (χ4v) is 3.53. The molecule has 1 heterocycles. The van der Waals surface area contributed by atoms with Crippen LogP contribution >= 0.6 is 0 Å². The van der Waals surface area contributed by atoms with E-state index in [1.165, 1.54) is 24.0 Å². The Bertz CT molecular complexity index is 512. The number of aryl methyl sites for hydroxylation is 2. The van der Waals surface area contributed by atoms with Crippen LogP contribution < -0.4 is 5.73 Å². The summed E-state index contributed by atoms with van der Waals surface area (Å²) in [5.74, 6) is 0.648. The predicted octanol–water partition coefficient (Wildman–Crippen LogP) is 2.37. The van der Waals surface area contributed by atoms with Crippen LogP contribution in [-0.2, 0) is 12.8 Å². The van der Waals surface area contributed by atoms with Gasteiger partial charge >= 0.3 is 0 Å². The lowest BCUT2D eigenvalue weighted by atomic mass is 9.92. The molecule has 3 nitrogen and oxygen atoms in total. The van der Waals surface area contributed by atoms with Crippen molar-refractivity contribution in [3.63, 3.8) is 0 Å². The molecular weight excluding hydrogens is 248 g/mol. The SMILES string of the molecule is CC1CCC(CN)CN1C(=O)c1ccc2c(c1)CCC2. The van der Waals surface area contributed by atoms with E-state index in [0.717, 1.165) is 31.4 Å². The maximum Gasteiger partial charge on any atom is 0.254 e. The number of piperidine rings is 1. The molecule has 0 aromatic heterocycles. The number of benzene rings is 1. The highest BCUT2D eigenvalue weighted by Gasteiger charge is 2.29. The van der Waals surface area contributed by atoms with Gasteiger partial charge in [-0.1, -0.05) is 6.07 Å². The molecular formula is C17H24N2O. The predicted molar refractivity (Wildman–Crippen MR) is 80.7 cm³/mol. The van der Waals surface area contributed by atoms with Crippen molar-refractivity contribution in [2.75, 3.05) is 13.1 Å². The van der Waals surface area contributed by atoms with Gasteiger partial charge in [0.25, 0.3) is 5.91 Å². The number of amides is 1. The highest BCUT2D eigenvalue weighted by Crippen LogP contribution is 2.26. The van der Waals surface area contributed by atoms with Crippen LogP contribution in [0.3, 0.4) is 0 Å². The minimum Gasteiger partial charge on any atom is -0.336 e. The van der Waals surface area contributed by atoms with Crippen LogP contribution in [0.2, 0.25) is 0 Å². The lowest BCUT2D eigenvalue weighted by Gasteiger charge is -2.37. The number of carbonyl (C=O) groups is 1. The van der Waals surface area contributed by atoms with Crippen molar-refractivity contribution in [2.45, 2.75) is 45.1 Å². The number of nitrogens with two attached hydrogens (primary N) is 1. The van der Waals surface area contributed by atoms with Crippen LogP contribution in [0.15, 0.2) is 18.2 Å². The van der Waals surface area contributed by atoms with Gasteiger partial charge < -0.3 is 10.6 Å². The van der Waals surface area contributed by atoms with E-state index in [1.807, 2.05) is 11.0 Å². The van der Waals surface area contributed by atoms with Gasteiger partial charge in [-0.05, 0) is 74.8 Å². The van der Waals surface area contributed by atoms with Crippen LogP contribution in [0.25, 0.3) is 0 Å². The Morgan fingerprint density at radius 2 is 2.10 bits per heavy atom. The van der Waals surface area contributed by atoms with Crippen molar-refractivity contribution >= 4 is 5.91 Å². The Morgan fingerprint density at radius 3 is 2.90 bits per heavy atom. The summed E-state index contributed by atoms with van der Waals surface area (Å²) in [6.07, 6.45) is 5.73. The van der Waals surface area contributed by atoms with E-state index in [1.54, 1.807) is 0 Å². The summed E-state index contributed by atoms with van der Waals surface area (Å²) >= 11 is 0. The maximum absolute atomic E-state index is 12.8. The summed E-state index contributed by atoms with van der Waals surface area (Å²) in [7, 11) is 0. The Balaban J connectivity index is 1.80. The Kier molecular flexibility index (Phi) is 3.79. The number of nitrogens with zero attached hydrogens (tertiary/aromatic N) is 1. The van der Waals surface area contributed by atoms with Gasteiger partial charge in [0.05, 0.1) is 0 Å². The third kappa shape index (κ3) is 2.47. The Hall–Kier alpha value is -1.35. The molecule has 1 amide bonds. The van der Waals surface area contributed by atoms with E-state index in [4.69, 9.17) is 5.73 Å². The number of hydrogen-bond acceptors (Lipinski definition) is 2. The first-order chi connectivity index (χ1) is 9.69. The highest BCUT2D eigenvalue weighted by molar-refractivity contribution is 5.94. The summed E-state index contributed by atoms with van der Waals surface area (Å²) in [5, 5.41) is 0. The van der Waals surface area contributed by atoms with E-state index in [2.05, 4.69) is 19.1 Å². The second kappa shape index (κ2) is 5.57. The molecule has 20 heavy (non-hydrogen) atoms. The van der Waals surface area contributed by atoms with Crippen LogP contribution in [0.1, 0.15) is 47.7 Å². The smallest absolute Gasteiger partial charge is 0.254 e. The minimum atomic E-state index is 0.186. The van der Waals surface area contributed by atoms with Crippen LogP contribution in [0, 0.1) is 5.92 Å². The van der Waals surface area contributed by atoms with Crippen LogP contribution in [0.5, 0.6) is 0 Å². The zero-order valence-corrected chi connectivity index (χ0v) is 12.3. The third-order valence-corrected chi connectivity index (χ3v) is 4.92. The first-order valence-electron chi connectivity index (χ1n) is 7.82. The molecule has 108 valence electrons. The molecule has 3 heteroatoms. The molecule has 3 rings (SSSR count). The molecule has 1 aliphatic heterocycles. The third-order valence-electron chi connectivity index (χ3n) is 4.92. The maximum atomic E-state index is 12.8. The first-order valence-corrected chi connectivity index (χ1v) is 7.82. The average molecular weight is 272 g/mol. The van der Waals surface area contributed by atoms with Gasteiger partial charge in [-0.25, -0.2) is 0 Å². The number of carbonyl (C=O) groups excluding carboxylic acids is 1. The molecule has 2 aliphatic rings. The Labute approximate surface area is 121 Å². The normalized spacial score (nSPS) is 25.6. The summed E-state index contributed by atoms with van der Waals surface area (Å²) in [6, 6.07) is 6.60. The van der Waals surface area contributed by atoms with E-state index in [9.17, 15) is 4.79 Å². The minimum absolute atomic E-state index is 0.186.